The van der Waals surface area contributed by atoms with E-state index < -0.39 is 21.5 Å². The Morgan fingerprint density at radius 2 is 1.80 bits per heavy atom. The zero-order valence-corrected chi connectivity index (χ0v) is 12.8. The van der Waals surface area contributed by atoms with Crippen molar-refractivity contribution in [1.29, 1.82) is 0 Å². The standard InChI is InChI=1S/C14H21NO4S/c1-4-11-5-7-12(8-6-11)20(18,19)15-14(2,3)10-9-13(16)17/h5-8,15H,4,9-10H2,1-3H3,(H,16,17). The number of rotatable bonds is 7. The van der Waals surface area contributed by atoms with Crippen LogP contribution in [0.4, 0.5) is 0 Å². The van der Waals surface area contributed by atoms with E-state index in [0.717, 1.165) is 12.0 Å². The van der Waals surface area contributed by atoms with Gasteiger partial charge in [0.2, 0.25) is 10.0 Å². The summed E-state index contributed by atoms with van der Waals surface area (Å²) in [6, 6.07) is 6.68. The molecule has 0 bridgehead atoms. The van der Waals surface area contributed by atoms with Crippen LogP contribution in [0, 0.1) is 0 Å². The summed E-state index contributed by atoms with van der Waals surface area (Å²) in [5, 5.41) is 8.67. The first-order valence-electron chi connectivity index (χ1n) is 6.51. The minimum Gasteiger partial charge on any atom is -0.481 e. The predicted octanol–water partition coefficient (Wildman–Crippen LogP) is 2.17. The molecule has 2 N–H and O–H groups in total. The number of carbonyl (C=O) groups is 1. The van der Waals surface area contributed by atoms with Crippen LogP contribution in [0.25, 0.3) is 0 Å². The Labute approximate surface area is 120 Å². The van der Waals surface area contributed by atoms with E-state index in [2.05, 4.69) is 4.72 Å². The van der Waals surface area contributed by atoms with Crippen molar-refractivity contribution in [2.75, 3.05) is 0 Å². The van der Waals surface area contributed by atoms with Crippen molar-refractivity contribution in [1.82, 2.24) is 4.72 Å². The molecule has 5 nitrogen and oxygen atoms in total. The molecule has 6 heteroatoms. The van der Waals surface area contributed by atoms with Crippen molar-refractivity contribution in [3.63, 3.8) is 0 Å². The summed E-state index contributed by atoms with van der Waals surface area (Å²) >= 11 is 0. The third-order valence-electron chi connectivity index (χ3n) is 3.02. The van der Waals surface area contributed by atoms with Crippen molar-refractivity contribution in [2.24, 2.45) is 0 Å². The van der Waals surface area contributed by atoms with Crippen molar-refractivity contribution in [3.05, 3.63) is 29.8 Å². The number of aryl methyl sites for hydroxylation is 1. The molecule has 0 atom stereocenters. The lowest BCUT2D eigenvalue weighted by Gasteiger charge is -2.25. The fourth-order valence-corrected chi connectivity index (χ4v) is 3.24. The Morgan fingerprint density at radius 1 is 1.25 bits per heavy atom. The molecule has 0 fully saturated rings. The second-order valence-electron chi connectivity index (χ2n) is 5.38. The van der Waals surface area contributed by atoms with Gasteiger partial charge in [-0.05, 0) is 44.4 Å². The number of carboxylic acids is 1. The maximum Gasteiger partial charge on any atom is 0.303 e. The fraction of sp³-hybridized carbons (Fsp3) is 0.500. The number of sulfonamides is 1. The van der Waals surface area contributed by atoms with E-state index in [1.54, 1.807) is 38.1 Å². The van der Waals surface area contributed by atoms with Crippen LogP contribution in [0.2, 0.25) is 0 Å². The van der Waals surface area contributed by atoms with Crippen molar-refractivity contribution >= 4 is 16.0 Å². The smallest absolute Gasteiger partial charge is 0.303 e. The van der Waals surface area contributed by atoms with Crippen LogP contribution in [0.3, 0.4) is 0 Å². The summed E-state index contributed by atoms with van der Waals surface area (Å²) in [6.45, 7) is 5.35. The molecular formula is C14H21NO4S. The molecule has 0 saturated carbocycles. The number of benzene rings is 1. The van der Waals surface area contributed by atoms with Crippen LogP contribution in [0.1, 0.15) is 39.2 Å². The van der Waals surface area contributed by atoms with Crippen molar-refractivity contribution in [3.8, 4) is 0 Å². The van der Waals surface area contributed by atoms with E-state index in [1.165, 1.54) is 0 Å². The maximum atomic E-state index is 12.2. The molecule has 0 unspecified atom stereocenters. The summed E-state index contributed by atoms with van der Waals surface area (Å²) in [7, 11) is -3.63. The Balaban J connectivity index is 2.84. The van der Waals surface area contributed by atoms with E-state index in [0.29, 0.717) is 0 Å². The van der Waals surface area contributed by atoms with Gasteiger partial charge < -0.3 is 5.11 Å². The second kappa shape index (κ2) is 6.37. The first-order chi connectivity index (χ1) is 9.16. The van der Waals surface area contributed by atoms with Gasteiger partial charge in [0.15, 0.2) is 0 Å². The molecular weight excluding hydrogens is 278 g/mol. The minimum atomic E-state index is -3.63. The molecule has 0 aliphatic carbocycles. The van der Waals surface area contributed by atoms with Crippen molar-refractivity contribution < 1.29 is 18.3 Å². The zero-order chi connectivity index (χ0) is 15.4. The van der Waals surface area contributed by atoms with Gasteiger partial charge in [0.25, 0.3) is 0 Å². The van der Waals surface area contributed by atoms with Gasteiger partial charge in [-0.1, -0.05) is 19.1 Å². The number of hydrogen-bond donors (Lipinski definition) is 2. The molecule has 1 rings (SSSR count). The Hall–Kier alpha value is -1.40. The third-order valence-corrected chi connectivity index (χ3v) is 4.73. The number of aliphatic carboxylic acids is 1. The number of carboxylic acid groups (broad SMARTS) is 1. The van der Waals surface area contributed by atoms with Crippen LogP contribution in [0.15, 0.2) is 29.2 Å². The molecule has 1 aromatic carbocycles. The van der Waals surface area contributed by atoms with Gasteiger partial charge in [-0.25, -0.2) is 13.1 Å². The summed E-state index contributed by atoms with van der Waals surface area (Å²) < 4.78 is 27.0. The maximum absolute atomic E-state index is 12.2. The van der Waals surface area contributed by atoms with Crippen LogP contribution in [0.5, 0.6) is 0 Å². The van der Waals surface area contributed by atoms with Gasteiger partial charge in [0, 0.05) is 12.0 Å². The van der Waals surface area contributed by atoms with Crippen LogP contribution in [-0.4, -0.2) is 25.0 Å². The Kier molecular flexibility index (Phi) is 5.30. The molecule has 0 amide bonds. The second-order valence-corrected chi connectivity index (χ2v) is 7.06. The Morgan fingerprint density at radius 3 is 2.25 bits per heavy atom. The largest absolute Gasteiger partial charge is 0.481 e. The SMILES string of the molecule is CCc1ccc(S(=O)(=O)NC(C)(C)CCC(=O)O)cc1. The highest BCUT2D eigenvalue weighted by Gasteiger charge is 2.26. The van der Waals surface area contributed by atoms with Gasteiger partial charge in [-0.3, -0.25) is 4.79 Å². The van der Waals surface area contributed by atoms with E-state index in [-0.39, 0.29) is 17.7 Å². The van der Waals surface area contributed by atoms with Crippen LogP contribution >= 0.6 is 0 Å². The van der Waals surface area contributed by atoms with E-state index in [1.807, 2.05) is 6.92 Å². The lowest BCUT2D eigenvalue weighted by atomic mass is 10.0. The fourth-order valence-electron chi connectivity index (χ4n) is 1.80. The lowest BCUT2D eigenvalue weighted by molar-refractivity contribution is -0.137. The Bertz CT molecular complexity index is 561. The molecule has 0 aromatic heterocycles. The summed E-state index contributed by atoms with van der Waals surface area (Å²) in [5.74, 6) is -0.940. The number of nitrogens with one attached hydrogen (secondary N) is 1. The van der Waals surface area contributed by atoms with E-state index in [9.17, 15) is 13.2 Å². The summed E-state index contributed by atoms with van der Waals surface area (Å²) in [6.07, 6.45) is 0.997. The van der Waals surface area contributed by atoms with Crippen LogP contribution in [-0.2, 0) is 21.2 Å². The summed E-state index contributed by atoms with van der Waals surface area (Å²) in [4.78, 5) is 10.8. The molecule has 0 radical (unpaired) electrons. The van der Waals surface area contributed by atoms with Gasteiger partial charge in [0.05, 0.1) is 4.90 Å². The lowest BCUT2D eigenvalue weighted by Crippen LogP contribution is -2.43. The average Bonchev–Trinajstić information content (AvgIpc) is 2.35. The molecule has 20 heavy (non-hydrogen) atoms. The topological polar surface area (TPSA) is 83.5 Å². The molecule has 112 valence electrons. The molecule has 0 spiro atoms. The highest BCUT2D eigenvalue weighted by molar-refractivity contribution is 7.89. The monoisotopic (exact) mass is 299 g/mol. The van der Waals surface area contributed by atoms with Crippen LogP contribution < -0.4 is 4.72 Å². The molecule has 0 heterocycles. The molecule has 0 aliphatic rings. The summed E-state index contributed by atoms with van der Waals surface area (Å²) in [5.41, 5.74) is 0.259. The molecule has 1 aromatic rings. The van der Waals surface area contributed by atoms with E-state index >= 15 is 0 Å². The highest BCUT2D eigenvalue weighted by atomic mass is 32.2. The van der Waals surface area contributed by atoms with Gasteiger partial charge in [-0.2, -0.15) is 0 Å². The molecule has 0 saturated heterocycles. The van der Waals surface area contributed by atoms with Crippen molar-refractivity contribution in [2.45, 2.75) is 50.5 Å². The quantitative estimate of drug-likeness (QED) is 0.808. The highest BCUT2D eigenvalue weighted by Crippen LogP contribution is 2.17. The van der Waals surface area contributed by atoms with Gasteiger partial charge in [0.1, 0.15) is 0 Å². The van der Waals surface area contributed by atoms with Gasteiger partial charge >= 0.3 is 5.97 Å². The first-order valence-corrected chi connectivity index (χ1v) is 7.99. The predicted molar refractivity (Wildman–Crippen MR) is 77.1 cm³/mol. The minimum absolute atomic E-state index is 0.0791. The van der Waals surface area contributed by atoms with Gasteiger partial charge in [-0.15, -0.1) is 0 Å². The normalized spacial score (nSPS) is 12.3. The average molecular weight is 299 g/mol. The number of hydrogen-bond acceptors (Lipinski definition) is 3. The third kappa shape index (κ3) is 4.94. The van der Waals surface area contributed by atoms with E-state index in [4.69, 9.17) is 5.11 Å². The first kappa shape index (κ1) is 16.7. The zero-order valence-electron chi connectivity index (χ0n) is 12.0. The molecule has 0 aliphatic heterocycles.